The van der Waals surface area contributed by atoms with Crippen molar-refractivity contribution in [3.63, 3.8) is 0 Å². The van der Waals surface area contributed by atoms with Gasteiger partial charge in [-0.3, -0.25) is 4.79 Å². The predicted octanol–water partition coefficient (Wildman–Crippen LogP) is 1.73. The lowest BCUT2D eigenvalue weighted by atomic mass is 10.1. The molecule has 8 heteroatoms. The molecule has 128 valence electrons. The molecule has 2 heterocycles. The number of hydrogen-bond donors (Lipinski definition) is 2. The highest BCUT2D eigenvalue weighted by Gasteiger charge is 2.26. The van der Waals surface area contributed by atoms with Crippen LogP contribution in [0.5, 0.6) is 0 Å². The molecule has 1 aliphatic rings. The van der Waals surface area contributed by atoms with Crippen LogP contribution in [0.2, 0.25) is 0 Å². The van der Waals surface area contributed by atoms with E-state index in [4.69, 9.17) is 0 Å². The Morgan fingerprint density at radius 3 is 3.16 bits per heavy atom. The molecular formula is C17H17FN6O. The van der Waals surface area contributed by atoms with Gasteiger partial charge in [0, 0.05) is 7.05 Å². The molecule has 3 aromatic rings. The highest BCUT2D eigenvalue weighted by atomic mass is 19.1. The molecular weight excluding hydrogens is 323 g/mol. The van der Waals surface area contributed by atoms with E-state index in [2.05, 4.69) is 25.3 Å². The highest BCUT2D eigenvalue weighted by Crippen LogP contribution is 2.32. The van der Waals surface area contributed by atoms with Gasteiger partial charge >= 0.3 is 0 Å². The third kappa shape index (κ3) is 2.79. The predicted molar refractivity (Wildman–Crippen MR) is 90.6 cm³/mol. The van der Waals surface area contributed by atoms with Crippen LogP contribution in [0.1, 0.15) is 23.6 Å². The van der Waals surface area contributed by atoms with E-state index < -0.39 is 0 Å². The minimum absolute atomic E-state index is 0.131. The van der Waals surface area contributed by atoms with Crippen molar-refractivity contribution in [2.24, 2.45) is 0 Å². The zero-order valence-corrected chi connectivity index (χ0v) is 13.7. The Labute approximate surface area is 143 Å². The van der Waals surface area contributed by atoms with Gasteiger partial charge < -0.3 is 15.2 Å². The van der Waals surface area contributed by atoms with Gasteiger partial charge in [0.05, 0.1) is 18.9 Å². The maximum Gasteiger partial charge on any atom is 0.240 e. The van der Waals surface area contributed by atoms with Crippen LogP contribution in [-0.4, -0.2) is 39.4 Å². The third-order valence-corrected chi connectivity index (χ3v) is 4.49. The molecule has 0 aliphatic heterocycles. The van der Waals surface area contributed by atoms with Gasteiger partial charge in [-0.15, -0.1) is 0 Å². The van der Waals surface area contributed by atoms with Gasteiger partial charge in [-0.05, 0) is 30.0 Å². The highest BCUT2D eigenvalue weighted by molar-refractivity contribution is 5.87. The first-order chi connectivity index (χ1) is 12.1. The summed E-state index contributed by atoms with van der Waals surface area (Å²) in [4.78, 5) is 29.5. The molecule has 25 heavy (non-hydrogen) atoms. The maximum absolute atomic E-state index is 13.8. The molecule has 1 atom stereocenters. The van der Waals surface area contributed by atoms with E-state index in [9.17, 15) is 9.18 Å². The zero-order valence-electron chi connectivity index (χ0n) is 13.7. The number of fused-ring (bicyclic) bond motifs is 2. The average Bonchev–Trinajstić information content (AvgIpc) is 3.22. The Morgan fingerprint density at radius 1 is 1.40 bits per heavy atom. The molecule has 1 unspecified atom stereocenters. The first kappa shape index (κ1) is 15.5. The number of anilines is 1. The molecule has 0 saturated heterocycles. The number of hydrogen-bond acceptors (Lipinski definition) is 5. The Bertz CT molecular complexity index is 940. The van der Waals surface area contributed by atoms with Gasteiger partial charge in [-0.25, -0.2) is 19.3 Å². The topological polar surface area (TPSA) is 86.8 Å². The van der Waals surface area contributed by atoms with E-state index in [0.717, 1.165) is 5.56 Å². The second kappa shape index (κ2) is 6.12. The molecule has 2 N–H and O–H groups in total. The Kier molecular flexibility index (Phi) is 3.79. The van der Waals surface area contributed by atoms with Crippen molar-refractivity contribution in [1.82, 2.24) is 25.3 Å². The summed E-state index contributed by atoms with van der Waals surface area (Å²) in [6.07, 6.45) is 4.32. The van der Waals surface area contributed by atoms with Gasteiger partial charge in [0.1, 0.15) is 17.7 Å². The number of benzene rings is 1. The Hall–Kier alpha value is -3.03. The normalized spacial score (nSPS) is 16.0. The molecule has 1 amide bonds. The summed E-state index contributed by atoms with van der Waals surface area (Å²) in [5, 5.41) is 2.99. The smallest absolute Gasteiger partial charge is 0.240 e. The number of imidazole rings is 1. The number of aromatic amines is 1. The minimum atomic E-state index is -0.200. The van der Waals surface area contributed by atoms with Crippen LogP contribution < -0.4 is 10.2 Å². The van der Waals surface area contributed by atoms with Gasteiger partial charge in [-0.1, -0.05) is 12.1 Å². The second-order valence-electron chi connectivity index (χ2n) is 6.12. The molecule has 0 spiro atoms. The number of aromatic nitrogens is 4. The maximum atomic E-state index is 13.8. The number of H-pyrrole nitrogens is 1. The van der Waals surface area contributed by atoms with E-state index in [1.54, 1.807) is 24.3 Å². The van der Waals surface area contributed by atoms with Crippen LogP contribution in [-0.2, 0) is 11.2 Å². The van der Waals surface area contributed by atoms with E-state index in [1.807, 2.05) is 6.07 Å². The quantitative estimate of drug-likeness (QED) is 0.755. The third-order valence-electron chi connectivity index (χ3n) is 4.49. The van der Waals surface area contributed by atoms with E-state index >= 15 is 0 Å². The fraction of sp³-hybridized carbons (Fsp3) is 0.294. The number of nitrogens with one attached hydrogen (secondary N) is 2. The van der Waals surface area contributed by atoms with E-state index in [1.165, 1.54) is 12.4 Å². The first-order valence-corrected chi connectivity index (χ1v) is 8.05. The Balaban J connectivity index is 1.47. The molecule has 1 aliphatic carbocycles. The standard InChI is InChI=1S/C17H17FN6O/c1-24(17-15-16(20-8-19-15)21-9-22-17)7-14(25)23-13-6-5-10-11(13)3-2-4-12(10)18/h2-4,8-9,13H,5-7H2,1H3,(H,23,25)(H,19,20,21,22). The molecule has 1 aromatic carbocycles. The second-order valence-corrected chi connectivity index (χ2v) is 6.12. The summed E-state index contributed by atoms with van der Waals surface area (Å²) in [5.41, 5.74) is 2.81. The number of likely N-dealkylation sites (N-methyl/N-ethyl adjacent to an activating group) is 1. The molecule has 0 saturated carbocycles. The lowest BCUT2D eigenvalue weighted by Crippen LogP contribution is -2.37. The number of rotatable bonds is 4. The summed E-state index contributed by atoms with van der Waals surface area (Å²) < 4.78 is 13.8. The van der Waals surface area contributed by atoms with Crippen LogP contribution in [0.4, 0.5) is 10.2 Å². The number of halogens is 1. The summed E-state index contributed by atoms with van der Waals surface area (Å²) in [6.45, 7) is 0.131. The monoisotopic (exact) mass is 340 g/mol. The van der Waals surface area contributed by atoms with Crippen molar-refractivity contribution in [1.29, 1.82) is 0 Å². The van der Waals surface area contributed by atoms with E-state index in [-0.39, 0.29) is 24.3 Å². The molecule has 7 nitrogen and oxygen atoms in total. The minimum Gasteiger partial charge on any atom is -0.348 e. The Morgan fingerprint density at radius 2 is 2.28 bits per heavy atom. The van der Waals surface area contributed by atoms with Gasteiger partial charge in [0.2, 0.25) is 5.91 Å². The number of carbonyl (C=O) groups excluding carboxylic acids is 1. The summed E-state index contributed by atoms with van der Waals surface area (Å²) in [7, 11) is 1.78. The number of carbonyl (C=O) groups is 1. The van der Waals surface area contributed by atoms with Crippen molar-refractivity contribution < 1.29 is 9.18 Å². The largest absolute Gasteiger partial charge is 0.348 e. The van der Waals surface area contributed by atoms with Crippen molar-refractivity contribution in [3.8, 4) is 0 Å². The molecule has 0 radical (unpaired) electrons. The van der Waals surface area contributed by atoms with Gasteiger partial charge in [-0.2, -0.15) is 0 Å². The van der Waals surface area contributed by atoms with Gasteiger partial charge in [0.25, 0.3) is 0 Å². The molecule has 4 rings (SSSR count). The average molecular weight is 340 g/mol. The van der Waals surface area contributed by atoms with Crippen molar-refractivity contribution in [3.05, 3.63) is 47.8 Å². The zero-order chi connectivity index (χ0) is 17.4. The number of amides is 1. The fourth-order valence-electron chi connectivity index (χ4n) is 3.33. The summed E-state index contributed by atoms with van der Waals surface area (Å²) in [5.74, 6) is 0.264. The summed E-state index contributed by atoms with van der Waals surface area (Å²) in [6, 6.07) is 4.87. The van der Waals surface area contributed by atoms with Crippen molar-refractivity contribution in [2.45, 2.75) is 18.9 Å². The SMILES string of the molecule is CN(CC(=O)NC1CCc2c(F)cccc21)c1ncnc2nc[nH]c12. The van der Waals surface area contributed by atoms with Crippen molar-refractivity contribution >= 4 is 22.9 Å². The first-order valence-electron chi connectivity index (χ1n) is 8.05. The van der Waals surface area contributed by atoms with Gasteiger partial charge in [0.15, 0.2) is 11.5 Å². The van der Waals surface area contributed by atoms with Crippen LogP contribution in [0, 0.1) is 5.82 Å². The molecule has 0 fully saturated rings. The van der Waals surface area contributed by atoms with Crippen LogP contribution in [0.15, 0.2) is 30.9 Å². The van der Waals surface area contributed by atoms with E-state index in [0.29, 0.717) is 35.4 Å². The van der Waals surface area contributed by atoms with Crippen LogP contribution in [0.25, 0.3) is 11.2 Å². The summed E-state index contributed by atoms with van der Waals surface area (Å²) >= 11 is 0. The van der Waals surface area contributed by atoms with Crippen LogP contribution in [0.3, 0.4) is 0 Å². The lowest BCUT2D eigenvalue weighted by Gasteiger charge is -2.20. The fourth-order valence-corrected chi connectivity index (χ4v) is 3.33. The molecule has 0 bridgehead atoms. The number of nitrogens with zero attached hydrogens (tertiary/aromatic N) is 4. The lowest BCUT2D eigenvalue weighted by molar-refractivity contribution is -0.120. The van der Waals surface area contributed by atoms with Crippen molar-refractivity contribution in [2.75, 3.05) is 18.5 Å². The molecule has 2 aromatic heterocycles. The van der Waals surface area contributed by atoms with Crippen LogP contribution >= 0.6 is 0 Å².